The molecule has 0 saturated carbocycles. The van der Waals surface area contributed by atoms with Crippen LogP contribution in [0.2, 0.25) is 0 Å². The van der Waals surface area contributed by atoms with E-state index in [0.717, 1.165) is 56.5 Å². The summed E-state index contributed by atoms with van der Waals surface area (Å²) in [6.07, 6.45) is 6.64. The first-order valence-electron chi connectivity index (χ1n) is 12.3. The Balaban J connectivity index is 0.00000242. The summed E-state index contributed by atoms with van der Waals surface area (Å²) >= 11 is 0. The molecule has 0 amide bonds. The van der Waals surface area contributed by atoms with Crippen molar-refractivity contribution in [1.82, 2.24) is 14.1 Å². The molecule has 8 rings (SSSR count). The van der Waals surface area contributed by atoms with Gasteiger partial charge in [0.1, 0.15) is 11.5 Å². The van der Waals surface area contributed by atoms with E-state index in [-0.39, 0.29) is 21.1 Å². The van der Waals surface area contributed by atoms with Gasteiger partial charge in [-0.3, -0.25) is 0 Å². The van der Waals surface area contributed by atoms with Gasteiger partial charge in [-0.2, -0.15) is 12.1 Å². The second kappa shape index (κ2) is 8.90. The van der Waals surface area contributed by atoms with Crippen LogP contribution in [-0.2, 0) is 21.1 Å². The Morgan fingerprint density at radius 3 is 2.05 bits per heavy atom. The summed E-state index contributed by atoms with van der Waals surface area (Å²) in [4.78, 5) is 4.68. The largest absolute Gasteiger partial charge is 2.00 e. The standard InChI is InChI=1S/C32H20N5.Pt/c1-3-10-28-24(8-1)26-15-13-22(35-19-7-18-34-35)20-30(26)36(28)23-14-16-27-25-9-2-4-11-29(25)37(31(27)21-23)32-12-5-6-17-33-32;/h1-6,8-19H,7H2;/q-1;+2. The Morgan fingerprint density at radius 1 is 0.658 bits per heavy atom. The summed E-state index contributed by atoms with van der Waals surface area (Å²) in [5, 5.41) is 9.15. The van der Waals surface area contributed by atoms with Crippen molar-refractivity contribution >= 4 is 61.7 Å². The molecule has 0 bridgehead atoms. The zero-order valence-electron chi connectivity index (χ0n) is 20.2. The van der Waals surface area contributed by atoms with E-state index in [0.29, 0.717) is 0 Å². The molecule has 0 N–H and O–H groups in total. The number of hydrazone groups is 1. The number of aromatic nitrogens is 3. The van der Waals surface area contributed by atoms with Crippen molar-refractivity contribution in [3.8, 4) is 11.5 Å². The Hall–Kier alpha value is -4.34. The van der Waals surface area contributed by atoms with Crippen LogP contribution >= 0.6 is 0 Å². The second-order valence-corrected chi connectivity index (χ2v) is 9.17. The summed E-state index contributed by atoms with van der Waals surface area (Å²) < 4.78 is 6.35. The van der Waals surface area contributed by atoms with Gasteiger partial charge in [-0.25, -0.2) is 4.98 Å². The molecule has 4 aromatic carbocycles. The van der Waals surface area contributed by atoms with Gasteiger partial charge in [-0.1, -0.05) is 76.0 Å². The number of hydrogen-bond acceptors (Lipinski definition) is 2. The number of rotatable bonds is 3. The van der Waals surface area contributed by atoms with Crippen molar-refractivity contribution in [2.45, 2.75) is 6.42 Å². The van der Waals surface area contributed by atoms with E-state index < -0.39 is 0 Å². The van der Waals surface area contributed by atoms with Crippen molar-refractivity contribution in [3.05, 3.63) is 109 Å². The number of nitrogens with zero attached hydrogens (tertiary/aromatic N) is 5. The van der Waals surface area contributed by atoms with Crippen LogP contribution in [0.25, 0.3) is 55.1 Å². The first-order chi connectivity index (χ1) is 18.4. The minimum absolute atomic E-state index is 0. The third-order valence-electron chi connectivity index (χ3n) is 7.09. The minimum Gasteiger partial charge on any atom is -0.358 e. The van der Waals surface area contributed by atoms with E-state index in [1.807, 2.05) is 35.3 Å². The van der Waals surface area contributed by atoms with Crippen molar-refractivity contribution in [2.75, 3.05) is 0 Å². The molecular formula is C32H20N5Pt+. The zero-order valence-corrected chi connectivity index (χ0v) is 22.4. The number of fused-ring (bicyclic) bond motifs is 6. The van der Waals surface area contributed by atoms with E-state index in [2.05, 4.69) is 110 Å². The first kappa shape index (κ1) is 22.8. The first-order valence-corrected chi connectivity index (χ1v) is 12.3. The van der Waals surface area contributed by atoms with Gasteiger partial charge in [0, 0.05) is 17.2 Å². The predicted molar refractivity (Wildman–Crippen MR) is 150 cm³/mol. The summed E-state index contributed by atoms with van der Waals surface area (Å²) in [5.41, 5.74) is 6.12. The Bertz CT molecular complexity index is 2060. The second-order valence-electron chi connectivity index (χ2n) is 9.17. The molecule has 6 heteroatoms. The zero-order chi connectivity index (χ0) is 24.3. The maximum Gasteiger partial charge on any atom is 2.00 e. The van der Waals surface area contributed by atoms with Gasteiger partial charge in [0.2, 0.25) is 0 Å². The van der Waals surface area contributed by atoms with Crippen LogP contribution in [-0.4, -0.2) is 31.2 Å². The third kappa shape index (κ3) is 3.32. The van der Waals surface area contributed by atoms with Crippen LogP contribution < -0.4 is 0 Å². The van der Waals surface area contributed by atoms with Crippen molar-refractivity contribution in [1.29, 1.82) is 0 Å². The Labute approximate surface area is 233 Å². The van der Waals surface area contributed by atoms with Gasteiger partial charge >= 0.3 is 21.1 Å². The van der Waals surface area contributed by atoms with Gasteiger partial charge in [-0.15, -0.1) is 22.9 Å². The summed E-state index contributed by atoms with van der Waals surface area (Å²) in [5.74, 6) is 0.876. The fraction of sp³-hybridized carbons (Fsp3) is 0.0312. The van der Waals surface area contributed by atoms with Crippen LogP contribution in [0, 0.1) is 12.1 Å². The molecule has 0 unspecified atom stereocenters. The summed E-state index contributed by atoms with van der Waals surface area (Å²) in [7, 11) is 0. The van der Waals surface area contributed by atoms with E-state index in [1.165, 1.54) is 10.8 Å². The molecule has 0 fully saturated rings. The molecule has 7 aromatic rings. The van der Waals surface area contributed by atoms with Crippen molar-refractivity contribution in [2.24, 2.45) is 5.10 Å². The van der Waals surface area contributed by atoms with Crippen molar-refractivity contribution < 1.29 is 25.7 Å². The summed E-state index contributed by atoms with van der Waals surface area (Å²) in [6.45, 7) is 0. The van der Waals surface area contributed by atoms with Gasteiger partial charge in [0.05, 0.1) is 12.6 Å². The van der Waals surface area contributed by atoms with Gasteiger partial charge < -0.3 is 9.13 Å². The minimum atomic E-state index is 0. The smallest absolute Gasteiger partial charge is 0.358 e. The Morgan fingerprint density at radius 2 is 1.34 bits per heavy atom. The number of pyridine rings is 1. The molecule has 182 valence electrons. The molecule has 0 atom stereocenters. The van der Waals surface area contributed by atoms with Crippen LogP contribution in [0.1, 0.15) is 6.42 Å². The topological polar surface area (TPSA) is 38.1 Å². The fourth-order valence-electron chi connectivity index (χ4n) is 5.49. The number of para-hydroxylation sites is 2. The van der Waals surface area contributed by atoms with E-state index in [4.69, 9.17) is 0 Å². The number of hydrogen-bond donors (Lipinski definition) is 0. The molecule has 0 radical (unpaired) electrons. The molecular weight excluding hydrogens is 649 g/mol. The SMILES string of the molecule is [Pt+2].[c-]1c([N+]2=CCC=N2)ccc2c3ccccc3n(-c3[c-]c4c(cc3)c3ccccc3n4-c3ccccn3)c12. The Kier molecular flexibility index (Phi) is 5.34. The van der Waals surface area contributed by atoms with Gasteiger partial charge in [0.15, 0.2) is 6.21 Å². The maximum absolute atomic E-state index is 4.68. The average molecular weight is 670 g/mol. The van der Waals surface area contributed by atoms with E-state index in [1.54, 1.807) is 0 Å². The van der Waals surface area contributed by atoms with Crippen LogP contribution in [0.15, 0.2) is 102 Å². The molecule has 1 aliphatic heterocycles. The monoisotopic (exact) mass is 669 g/mol. The number of benzene rings is 4. The predicted octanol–water partition coefficient (Wildman–Crippen LogP) is 6.98. The summed E-state index contributed by atoms with van der Waals surface area (Å²) in [6, 6.07) is 39.0. The van der Waals surface area contributed by atoms with Crippen LogP contribution in [0.3, 0.4) is 0 Å². The molecule has 0 saturated heterocycles. The van der Waals surface area contributed by atoms with Gasteiger partial charge in [0.25, 0.3) is 0 Å². The van der Waals surface area contributed by atoms with Gasteiger partial charge in [-0.05, 0) is 40.1 Å². The molecule has 5 nitrogen and oxygen atoms in total. The fourth-order valence-corrected chi connectivity index (χ4v) is 5.49. The normalized spacial score (nSPS) is 13.0. The molecule has 3 aromatic heterocycles. The van der Waals surface area contributed by atoms with E-state index in [9.17, 15) is 0 Å². The maximum atomic E-state index is 4.68. The molecule has 4 heterocycles. The molecule has 0 aliphatic carbocycles. The molecule has 1 aliphatic rings. The van der Waals surface area contributed by atoms with E-state index >= 15 is 0 Å². The van der Waals surface area contributed by atoms with Crippen LogP contribution in [0.4, 0.5) is 5.69 Å². The van der Waals surface area contributed by atoms with Crippen LogP contribution in [0.5, 0.6) is 0 Å². The molecule has 0 spiro atoms. The molecule has 38 heavy (non-hydrogen) atoms. The quantitative estimate of drug-likeness (QED) is 0.148. The van der Waals surface area contributed by atoms with Crippen molar-refractivity contribution in [3.63, 3.8) is 0 Å². The third-order valence-corrected chi connectivity index (χ3v) is 7.09. The average Bonchev–Trinajstić information content (AvgIpc) is 3.68.